The van der Waals surface area contributed by atoms with Gasteiger partial charge in [0.15, 0.2) is 0 Å². The largest absolute Gasteiger partial charge is 0.350 e. The Hall–Kier alpha value is -2.14. The Morgan fingerprint density at radius 1 is 1.26 bits per heavy atom. The van der Waals surface area contributed by atoms with Crippen molar-refractivity contribution < 1.29 is 9.59 Å². The molecule has 1 aliphatic rings. The summed E-state index contributed by atoms with van der Waals surface area (Å²) in [5.74, 6) is -0.0963. The first-order chi connectivity index (χ1) is 11.1. The predicted octanol–water partition coefficient (Wildman–Crippen LogP) is 2.98. The van der Waals surface area contributed by atoms with Gasteiger partial charge in [0.25, 0.3) is 5.91 Å². The maximum atomic E-state index is 12.5. The number of hydrogen-bond donors (Lipinski definition) is 1. The Morgan fingerprint density at radius 2 is 2.04 bits per heavy atom. The lowest BCUT2D eigenvalue weighted by molar-refractivity contribution is -0.125. The van der Waals surface area contributed by atoms with E-state index in [0.29, 0.717) is 18.0 Å². The molecule has 0 aliphatic carbocycles. The molecule has 2 heterocycles. The van der Waals surface area contributed by atoms with Crippen LogP contribution in [-0.2, 0) is 11.3 Å². The molecule has 1 unspecified atom stereocenters. The number of hydrogen-bond acceptors (Lipinski definition) is 3. The molecule has 5 heteroatoms. The van der Waals surface area contributed by atoms with Crippen LogP contribution in [0, 0.1) is 6.92 Å². The molecule has 2 aromatic rings. The van der Waals surface area contributed by atoms with Crippen molar-refractivity contribution in [2.75, 3.05) is 6.54 Å². The fourth-order valence-electron chi connectivity index (χ4n) is 2.84. The minimum absolute atomic E-state index is 0.0343. The van der Waals surface area contributed by atoms with E-state index in [9.17, 15) is 9.59 Å². The zero-order chi connectivity index (χ0) is 16.2. The first kappa shape index (κ1) is 15.7. The predicted molar refractivity (Wildman–Crippen MR) is 91.4 cm³/mol. The van der Waals surface area contributed by atoms with Crippen molar-refractivity contribution in [3.8, 4) is 0 Å². The zero-order valence-electron chi connectivity index (χ0n) is 13.1. The van der Waals surface area contributed by atoms with Crippen molar-refractivity contribution in [2.45, 2.75) is 32.4 Å². The van der Waals surface area contributed by atoms with Crippen LogP contribution < -0.4 is 5.32 Å². The van der Waals surface area contributed by atoms with Gasteiger partial charge in [-0.25, -0.2) is 0 Å². The van der Waals surface area contributed by atoms with Gasteiger partial charge in [-0.1, -0.05) is 35.9 Å². The monoisotopic (exact) mass is 328 g/mol. The second-order valence-corrected chi connectivity index (χ2v) is 6.78. The van der Waals surface area contributed by atoms with Crippen molar-refractivity contribution in [3.63, 3.8) is 0 Å². The number of carbonyl (C=O) groups is 2. The number of aryl methyl sites for hydroxylation is 1. The lowest BCUT2D eigenvalue weighted by atomic mass is 10.1. The van der Waals surface area contributed by atoms with Gasteiger partial charge >= 0.3 is 0 Å². The Labute approximate surface area is 140 Å². The van der Waals surface area contributed by atoms with Crippen LogP contribution in [0.15, 0.2) is 41.8 Å². The molecule has 1 fully saturated rings. The van der Waals surface area contributed by atoms with Gasteiger partial charge in [0.2, 0.25) is 5.91 Å². The maximum Gasteiger partial charge on any atom is 0.264 e. The molecule has 23 heavy (non-hydrogen) atoms. The molecule has 1 aromatic carbocycles. The van der Waals surface area contributed by atoms with Crippen LogP contribution in [-0.4, -0.2) is 29.3 Å². The van der Waals surface area contributed by atoms with E-state index < -0.39 is 0 Å². The normalized spacial score (nSPS) is 17.3. The van der Waals surface area contributed by atoms with E-state index in [4.69, 9.17) is 0 Å². The van der Waals surface area contributed by atoms with E-state index in [1.165, 1.54) is 16.9 Å². The maximum absolute atomic E-state index is 12.5. The van der Waals surface area contributed by atoms with Crippen LogP contribution in [0.4, 0.5) is 0 Å². The lowest BCUT2D eigenvalue weighted by Gasteiger charge is -2.23. The Kier molecular flexibility index (Phi) is 4.76. The van der Waals surface area contributed by atoms with Crippen LogP contribution in [0.2, 0.25) is 0 Å². The van der Waals surface area contributed by atoms with Gasteiger partial charge in [0.1, 0.15) is 6.04 Å². The van der Waals surface area contributed by atoms with Crippen molar-refractivity contribution in [2.24, 2.45) is 0 Å². The molecule has 120 valence electrons. The fourth-order valence-corrected chi connectivity index (χ4v) is 3.52. The molecule has 1 atom stereocenters. The third kappa shape index (κ3) is 3.62. The summed E-state index contributed by atoms with van der Waals surface area (Å²) in [4.78, 5) is 27.4. The molecule has 2 amide bonds. The van der Waals surface area contributed by atoms with Crippen molar-refractivity contribution in [3.05, 3.63) is 57.8 Å². The van der Waals surface area contributed by atoms with Gasteiger partial charge in [0.05, 0.1) is 4.88 Å². The Morgan fingerprint density at radius 3 is 2.74 bits per heavy atom. The molecular formula is C18H20N2O2S. The molecule has 4 nitrogen and oxygen atoms in total. The highest BCUT2D eigenvalue weighted by atomic mass is 32.1. The second kappa shape index (κ2) is 6.96. The number of rotatable bonds is 4. The third-order valence-electron chi connectivity index (χ3n) is 4.14. The van der Waals surface area contributed by atoms with Crippen molar-refractivity contribution in [1.29, 1.82) is 0 Å². The van der Waals surface area contributed by atoms with Crippen LogP contribution in [0.25, 0.3) is 0 Å². The fraction of sp³-hybridized carbons (Fsp3) is 0.333. The number of carbonyl (C=O) groups excluding carboxylic acids is 2. The average Bonchev–Trinajstić information content (AvgIpc) is 3.24. The van der Waals surface area contributed by atoms with E-state index in [1.54, 1.807) is 4.90 Å². The second-order valence-electron chi connectivity index (χ2n) is 5.84. The number of thiophene rings is 1. The van der Waals surface area contributed by atoms with Gasteiger partial charge in [-0.15, -0.1) is 11.3 Å². The zero-order valence-corrected chi connectivity index (χ0v) is 13.9. The average molecular weight is 328 g/mol. The lowest BCUT2D eigenvalue weighted by Crippen LogP contribution is -2.45. The van der Waals surface area contributed by atoms with Gasteiger partial charge < -0.3 is 10.2 Å². The minimum Gasteiger partial charge on any atom is -0.350 e. The Bertz CT molecular complexity index is 680. The SMILES string of the molecule is Cc1ccc(CNC(=O)C2CCCN2C(=O)c2cccs2)cc1. The number of likely N-dealkylation sites (tertiary alicyclic amines) is 1. The van der Waals surface area contributed by atoms with Crippen LogP contribution >= 0.6 is 11.3 Å². The molecule has 0 radical (unpaired) electrons. The van der Waals surface area contributed by atoms with Crippen LogP contribution in [0.5, 0.6) is 0 Å². The smallest absolute Gasteiger partial charge is 0.264 e. The first-order valence-corrected chi connectivity index (χ1v) is 8.71. The summed E-state index contributed by atoms with van der Waals surface area (Å²) in [6, 6.07) is 11.4. The molecule has 1 aliphatic heterocycles. The molecular weight excluding hydrogens is 308 g/mol. The molecule has 0 bridgehead atoms. The standard InChI is InChI=1S/C18H20N2O2S/c1-13-6-8-14(9-7-13)12-19-17(21)15-4-2-10-20(15)18(22)16-5-3-11-23-16/h3,5-9,11,15H,2,4,10,12H2,1H3,(H,19,21). The van der Waals surface area contributed by atoms with E-state index >= 15 is 0 Å². The van der Waals surface area contributed by atoms with E-state index in [1.807, 2.05) is 48.7 Å². The number of nitrogens with one attached hydrogen (secondary N) is 1. The molecule has 3 rings (SSSR count). The van der Waals surface area contributed by atoms with Crippen LogP contribution in [0.3, 0.4) is 0 Å². The molecule has 1 N–H and O–H groups in total. The van der Waals surface area contributed by atoms with E-state index in [-0.39, 0.29) is 17.9 Å². The highest BCUT2D eigenvalue weighted by Gasteiger charge is 2.34. The molecule has 1 aromatic heterocycles. The summed E-state index contributed by atoms with van der Waals surface area (Å²) >= 11 is 1.42. The third-order valence-corrected chi connectivity index (χ3v) is 4.99. The van der Waals surface area contributed by atoms with E-state index in [0.717, 1.165) is 18.4 Å². The summed E-state index contributed by atoms with van der Waals surface area (Å²) in [7, 11) is 0. The molecule has 0 saturated carbocycles. The number of benzene rings is 1. The summed E-state index contributed by atoms with van der Waals surface area (Å²) in [5, 5.41) is 4.85. The van der Waals surface area contributed by atoms with Gasteiger partial charge in [-0.3, -0.25) is 9.59 Å². The number of amides is 2. The first-order valence-electron chi connectivity index (χ1n) is 7.83. The van der Waals surface area contributed by atoms with Gasteiger partial charge in [-0.2, -0.15) is 0 Å². The van der Waals surface area contributed by atoms with Gasteiger partial charge in [0, 0.05) is 13.1 Å². The molecule has 0 spiro atoms. The topological polar surface area (TPSA) is 49.4 Å². The number of nitrogens with zero attached hydrogens (tertiary/aromatic N) is 1. The highest BCUT2D eigenvalue weighted by molar-refractivity contribution is 7.12. The highest BCUT2D eigenvalue weighted by Crippen LogP contribution is 2.22. The van der Waals surface area contributed by atoms with E-state index in [2.05, 4.69) is 5.32 Å². The Balaban J connectivity index is 1.61. The minimum atomic E-state index is -0.352. The molecule has 1 saturated heterocycles. The quantitative estimate of drug-likeness (QED) is 0.938. The summed E-state index contributed by atoms with van der Waals surface area (Å²) in [5.41, 5.74) is 2.27. The summed E-state index contributed by atoms with van der Waals surface area (Å²) in [6.07, 6.45) is 1.61. The van der Waals surface area contributed by atoms with Crippen molar-refractivity contribution in [1.82, 2.24) is 10.2 Å². The van der Waals surface area contributed by atoms with Crippen molar-refractivity contribution >= 4 is 23.2 Å². The van der Waals surface area contributed by atoms with Crippen LogP contribution in [0.1, 0.15) is 33.6 Å². The summed E-state index contributed by atoms with van der Waals surface area (Å²) < 4.78 is 0. The summed E-state index contributed by atoms with van der Waals surface area (Å²) in [6.45, 7) is 3.19. The van der Waals surface area contributed by atoms with Gasteiger partial charge in [-0.05, 0) is 36.8 Å².